The Morgan fingerprint density at radius 1 is 1.04 bits per heavy atom. The van der Waals surface area contributed by atoms with E-state index in [0.717, 1.165) is 22.4 Å². The van der Waals surface area contributed by atoms with Crippen molar-refractivity contribution in [2.45, 2.75) is 40.2 Å². The summed E-state index contributed by atoms with van der Waals surface area (Å²) in [5.74, 6) is -1.28. The van der Waals surface area contributed by atoms with Crippen LogP contribution in [0, 0.1) is 26.7 Å². The molecule has 0 aliphatic heterocycles. The first-order valence-electron chi connectivity index (χ1n) is 9.10. The standard InChI is InChI=1S/C22H28N2O3/c1-14(2)22(27,18-9-7-6-8-10-18)21(26)23-13-19(25)24-20-16(4)11-15(3)12-17(20)5/h6-12,14,27H,13H2,1-5H3,(H,23,26)(H,24,25)/t22-/m1/s1. The number of aryl methyl sites for hydroxylation is 3. The maximum atomic E-state index is 12.7. The molecule has 1 atom stereocenters. The smallest absolute Gasteiger partial charge is 0.257 e. The van der Waals surface area contributed by atoms with E-state index < -0.39 is 11.5 Å². The van der Waals surface area contributed by atoms with E-state index >= 15 is 0 Å². The number of rotatable bonds is 6. The molecule has 0 saturated heterocycles. The van der Waals surface area contributed by atoms with Crippen molar-refractivity contribution in [3.8, 4) is 0 Å². The zero-order valence-electron chi connectivity index (χ0n) is 16.6. The predicted octanol–water partition coefficient (Wildman–Crippen LogP) is 3.21. The van der Waals surface area contributed by atoms with E-state index in [4.69, 9.17) is 0 Å². The highest BCUT2D eigenvalue weighted by atomic mass is 16.3. The van der Waals surface area contributed by atoms with Gasteiger partial charge in [-0.05, 0) is 43.4 Å². The summed E-state index contributed by atoms with van der Waals surface area (Å²) in [6.45, 7) is 9.19. The maximum Gasteiger partial charge on any atom is 0.257 e. The Morgan fingerprint density at radius 3 is 2.11 bits per heavy atom. The van der Waals surface area contributed by atoms with Crippen LogP contribution in [0.1, 0.15) is 36.1 Å². The second kappa shape index (κ2) is 8.35. The number of hydrogen-bond acceptors (Lipinski definition) is 3. The molecule has 0 spiro atoms. The Morgan fingerprint density at radius 2 is 1.59 bits per heavy atom. The summed E-state index contributed by atoms with van der Waals surface area (Å²) in [7, 11) is 0. The average Bonchev–Trinajstić information content (AvgIpc) is 2.62. The monoisotopic (exact) mass is 368 g/mol. The molecule has 0 saturated carbocycles. The van der Waals surface area contributed by atoms with Crippen LogP contribution in [-0.4, -0.2) is 23.5 Å². The SMILES string of the molecule is Cc1cc(C)c(NC(=O)CNC(=O)[C@](O)(c2ccccc2)C(C)C)c(C)c1. The molecular formula is C22H28N2O3. The molecule has 0 unspecified atom stereocenters. The molecule has 0 aromatic heterocycles. The molecule has 5 heteroatoms. The zero-order chi connectivity index (χ0) is 20.2. The van der Waals surface area contributed by atoms with Crippen molar-refractivity contribution < 1.29 is 14.7 Å². The Labute approximate surface area is 160 Å². The van der Waals surface area contributed by atoms with Crippen molar-refractivity contribution in [2.24, 2.45) is 5.92 Å². The quantitative estimate of drug-likeness (QED) is 0.733. The van der Waals surface area contributed by atoms with Gasteiger partial charge in [0.25, 0.3) is 5.91 Å². The minimum Gasteiger partial charge on any atom is -0.375 e. The number of anilines is 1. The fraction of sp³-hybridized carbons (Fsp3) is 0.364. The number of nitrogens with one attached hydrogen (secondary N) is 2. The summed E-state index contributed by atoms with van der Waals surface area (Å²) in [6.07, 6.45) is 0. The molecule has 2 aromatic rings. The van der Waals surface area contributed by atoms with Crippen molar-refractivity contribution in [3.05, 3.63) is 64.7 Å². The molecule has 3 N–H and O–H groups in total. The van der Waals surface area contributed by atoms with Gasteiger partial charge in [0.05, 0.1) is 6.54 Å². The van der Waals surface area contributed by atoms with Crippen molar-refractivity contribution in [3.63, 3.8) is 0 Å². The van der Waals surface area contributed by atoms with Crippen LogP contribution in [0.15, 0.2) is 42.5 Å². The van der Waals surface area contributed by atoms with Crippen LogP contribution in [0.2, 0.25) is 0 Å². The van der Waals surface area contributed by atoms with Crippen LogP contribution in [0.3, 0.4) is 0 Å². The summed E-state index contributed by atoms with van der Waals surface area (Å²) in [5.41, 5.74) is 2.62. The topological polar surface area (TPSA) is 78.4 Å². The molecule has 2 aromatic carbocycles. The van der Waals surface area contributed by atoms with Gasteiger partial charge < -0.3 is 15.7 Å². The van der Waals surface area contributed by atoms with E-state index in [-0.39, 0.29) is 18.4 Å². The number of carbonyl (C=O) groups excluding carboxylic acids is 2. The largest absolute Gasteiger partial charge is 0.375 e. The first-order valence-corrected chi connectivity index (χ1v) is 9.10. The molecule has 5 nitrogen and oxygen atoms in total. The molecule has 2 amide bonds. The fourth-order valence-corrected chi connectivity index (χ4v) is 3.27. The highest BCUT2D eigenvalue weighted by molar-refractivity contribution is 5.97. The van der Waals surface area contributed by atoms with Crippen molar-refractivity contribution in [2.75, 3.05) is 11.9 Å². The van der Waals surface area contributed by atoms with E-state index in [1.165, 1.54) is 0 Å². The minimum atomic E-state index is -1.70. The first-order chi connectivity index (χ1) is 12.7. The third-order valence-corrected chi connectivity index (χ3v) is 4.75. The summed E-state index contributed by atoms with van der Waals surface area (Å²) in [6, 6.07) is 12.8. The number of carbonyl (C=O) groups is 2. The van der Waals surface area contributed by atoms with E-state index in [9.17, 15) is 14.7 Å². The van der Waals surface area contributed by atoms with Crippen LogP contribution >= 0.6 is 0 Å². The van der Waals surface area contributed by atoms with Crippen LogP contribution in [0.5, 0.6) is 0 Å². The predicted molar refractivity (Wildman–Crippen MR) is 107 cm³/mol. The third kappa shape index (κ3) is 4.55. The van der Waals surface area contributed by atoms with Gasteiger partial charge in [-0.15, -0.1) is 0 Å². The minimum absolute atomic E-state index is 0.215. The third-order valence-electron chi connectivity index (χ3n) is 4.75. The Bertz CT molecular complexity index is 808. The van der Waals surface area contributed by atoms with Gasteiger partial charge in [-0.25, -0.2) is 0 Å². The van der Waals surface area contributed by atoms with Crippen LogP contribution < -0.4 is 10.6 Å². The lowest BCUT2D eigenvalue weighted by Gasteiger charge is -2.31. The van der Waals surface area contributed by atoms with Crippen molar-refractivity contribution in [1.29, 1.82) is 0 Å². The number of benzene rings is 2. The van der Waals surface area contributed by atoms with Crippen LogP contribution in [-0.2, 0) is 15.2 Å². The van der Waals surface area contributed by atoms with E-state index in [1.54, 1.807) is 38.1 Å². The van der Waals surface area contributed by atoms with E-state index in [1.807, 2.05) is 39.0 Å². The van der Waals surface area contributed by atoms with Gasteiger partial charge in [-0.1, -0.05) is 61.9 Å². The second-order valence-corrected chi connectivity index (χ2v) is 7.29. The number of amides is 2. The lowest BCUT2D eigenvalue weighted by atomic mass is 9.82. The van der Waals surface area contributed by atoms with Crippen LogP contribution in [0.25, 0.3) is 0 Å². The van der Waals surface area contributed by atoms with Crippen molar-refractivity contribution in [1.82, 2.24) is 5.32 Å². The lowest BCUT2D eigenvalue weighted by molar-refractivity contribution is -0.146. The molecule has 27 heavy (non-hydrogen) atoms. The average molecular weight is 368 g/mol. The molecular weight excluding hydrogens is 340 g/mol. The zero-order valence-corrected chi connectivity index (χ0v) is 16.6. The molecule has 0 fully saturated rings. The molecule has 0 heterocycles. The molecule has 2 rings (SSSR count). The fourth-order valence-electron chi connectivity index (χ4n) is 3.27. The van der Waals surface area contributed by atoms with Crippen molar-refractivity contribution >= 4 is 17.5 Å². The summed E-state index contributed by atoms with van der Waals surface area (Å²) >= 11 is 0. The normalized spacial score (nSPS) is 13.1. The highest BCUT2D eigenvalue weighted by Crippen LogP contribution is 2.29. The molecule has 0 radical (unpaired) electrons. The van der Waals surface area contributed by atoms with Crippen LogP contribution in [0.4, 0.5) is 5.69 Å². The second-order valence-electron chi connectivity index (χ2n) is 7.29. The Balaban J connectivity index is 2.09. The van der Waals surface area contributed by atoms with Gasteiger partial charge in [0, 0.05) is 5.69 Å². The van der Waals surface area contributed by atoms with Gasteiger partial charge in [0.1, 0.15) is 0 Å². The van der Waals surface area contributed by atoms with E-state index in [0.29, 0.717) is 5.56 Å². The summed E-state index contributed by atoms with van der Waals surface area (Å²) in [4.78, 5) is 25.0. The molecule has 0 bridgehead atoms. The Hall–Kier alpha value is -2.66. The van der Waals surface area contributed by atoms with Gasteiger partial charge in [0.15, 0.2) is 5.60 Å². The summed E-state index contributed by atoms with van der Waals surface area (Å²) < 4.78 is 0. The molecule has 0 aliphatic rings. The van der Waals surface area contributed by atoms with Gasteiger partial charge in [-0.3, -0.25) is 9.59 Å². The molecule has 144 valence electrons. The lowest BCUT2D eigenvalue weighted by Crippen LogP contribution is -2.49. The number of hydrogen-bond donors (Lipinski definition) is 3. The van der Waals surface area contributed by atoms with Gasteiger partial charge in [0.2, 0.25) is 5.91 Å². The Kier molecular flexibility index (Phi) is 6.39. The van der Waals surface area contributed by atoms with E-state index in [2.05, 4.69) is 10.6 Å². The maximum absolute atomic E-state index is 12.7. The molecule has 0 aliphatic carbocycles. The van der Waals surface area contributed by atoms with Gasteiger partial charge >= 0.3 is 0 Å². The summed E-state index contributed by atoms with van der Waals surface area (Å²) in [5, 5.41) is 16.4. The first kappa shape index (κ1) is 20.6. The highest BCUT2D eigenvalue weighted by Gasteiger charge is 2.41. The number of aliphatic hydroxyl groups is 1. The van der Waals surface area contributed by atoms with Gasteiger partial charge in [-0.2, -0.15) is 0 Å².